The maximum atomic E-state index is 12.0. The van der Waals surface area contributed by atoms with Gasteiger partial charge in [-0.05, 0) is 36.4 Å². The van der Waals surface area contributed by atoms with Crippen LogP contribution in [-0.2, 0) is 0 Å². The Kier molecular flexibility index (Phi) is 3.61. The summed E-state index contributed by atoms with van der Waals surface area (Å²) >= 11 is 5.83. The van der Waals surface area contributed by atoms with E-state index in [1.165, 1.54) is 11.0 Å². The highest BCUT2D eigenvalue weighted by molar-refractivity contribution is 6.30. The third-order valence-corrected chi connectivity index (χ3v) is 2.96. The van der Waals surface area contributed by atoms with Crippen LogP contribution in [0.15, 0.2) is 55.1 Å². The summed E-state index contributed by atoms with van der Waals surface area (Å²) in [4.78, 5) is 19.9. The summed E-state index contributed by atoms with van der Waals surface area (Å²) in [5.74, 6) is -0.315. The van der Waals surface area contributed by atoms with Crippen LogP contribution in [0.1, 0.15) is 10.6 Å². The molecule has 0 aliphatic rings. The average molecular weight is 300 g/mol. The summed E-state index contributed by atoms with van der Waals surface area (Å²) in [5.41, 5.74) is 1.36. The zero-order valence-corrected chi connectivity index (χ0v) is 11.5. The van der Waals surface area contributed by atoms with Crippen molar-refractivity contribution in [3.05, 3.63) is 66.0 Å². The summed E-state index contributed by atoms with van der Waals surface area (Å²) < 4.78 is 1.51. The molecule has 0 bridgehead atoms. The maximum Gasteiger partial charge on any atom is 0.295 e. The van der Waals surface area contributed by atoms with Crippen LogP contribution in [0.25, 0.3) is 5.69 Å². The maximum absolute atomic E-state index is 12.0. The van der Waals surface area contributed by atoms with Crippen molar-refractivity contribution in [3.8, 4) is 5.69 Å². The molecule has 1 N–H and O–H groups in total. The predicted molar refractivity (Wildman–Crippen MR) is 78.6 cm³/mol. The van der Waals surface area contributed by atoms with Crippen LogP contribution in [0, 0.1) is 0 Å². The Morgan fingerprint density at radius 2 is 2.00 bits per heavy atom. The number of nitrogens with one attached hydrogen (secondary N) is 1. The number of halogens is 1. The molecule has 0 saturated heterocycles. The first-order chi connectivity index (χ1) is 10.2. The number of amides is 1. The lowest BCUT2D eigenvalue weighted by atomic mass is 10.3. The third kappa shape index (κ3) is 3.06. The van der Waals surface area contributed by atoms with Gasteiger partial charge >= 0.3 is 0 Å². The summed E-state index contributed by atoms with van der Waals surface area (Å²) in [6.07, 6.45) is 4.65. The number of rotatable bonds is 3. The van der Waals surface area contributed by atoms with E-state index in [1.807, 2.05) is 0 Å². The van der Waals surface area contributed by atoms with Gasteiger partial charge in [-0.1, -0.05) is 11.6 Å². The van der Waals surface area contributed by atoms with Gasteiger partial charge in [0.1, 0.15) is 6.33 Å². The Hall–Kier alpha value is -2.73. The van der Waals surface area contributed by atoms with Gasteiger partial charge in [-0.2, -0.15) is 0 Å². The van der Waals surface area contributed by atoms with E-state index in [-0.39, 0.29) is 5.82 Å². The monoisotopic (exact) mass is 299 g/mol. The Balaban J connectivity index is 1.78. The highest BCUT2D eigenvalue weighted by Crippen LogP contribution is 2.12. The molecular formula is C14H10ClN5O. The first kappa shape index (κ1) is 13.3. The van der Waals surface area contributed by atoms with Crippen LogP contribution >= 0.6 is 11.6 Å². The molecule has 1 amide bonds. The van der Waals surface area contributed by atoms with Crippen LogP contribution in [0.3, 0.4) is 0 Å². The van der Waals surface area contributed by atoms with Gasteiger partial charge in [-0.3, -0.25) is 9.78 Å². The number of hydrogen-bond donors (Lipinski definition) is 1. The van der Waals surface area contributed by atoms with Crippen LogP contribution in [0.2, 0.25) is 5.02 Å². The number of aromatic nitrogens is 4. The molecule has 3 aromatic rings. The van der Waals surface area contributed by atoms with Crippen LogP contribution in [0.4, 0.5) is 5.69 Å². The molecule has 6 nitrogen and oxygen atoms in total. The molecule has 0 radical (unpaired) electrons. The number of pyridine rings is 1. The van der Waals surface area contributed by atoms with E-state index in [0.29, 0.717) is 10.7 Å². The van der Waals surface area contributed by atoms with Gasteiger partial charge in [0, 0.05) is 11.2 Å². The standard InChI is InChI=1S/C14H10ClN5O/c15-10-3-5-12(6-4-10)20-9-17-13(19-20)14(21)18-11-2-1-7-16-8-11/h1-9H,(H,18,21). The molecule has 0 fully saturated rings. The summed E-state index contributed by atoms with van der Waals surface area (Å²) in [5, 5.41) is 7.44. The van der Waals surface area contributed by atoms with E-state index in [2.05, 4.69) is 20.4 Å². The fourth-order valence-electron chi connectivity index (χ4n) is 1.71. The van der Waals surface area contributed by atoms with E-state index in [9.17, 15) is 4.79 Å². The Bertz CT molecular complexity index is 755. The number of hydrogen-bond acceptors (Lipinski definition) is 4. The van der Waals surface area contributed by atoms with Crippen molar-refractivity contribution < 1.29 is 4.79 Å². The Labute approximate surface area is 125 Å². The van der Waals surface area contributed by atoms with Crippen molar-refractivity contribution >= 4 is 23.2 Å². The molecule has 2 aromatic heterocycles. The lowest BCUT2D eigenvalue weighted by Gasteiger charge is -2.01. The van der Waals surface area contributed by atoms with Crippen LogP contribution < -0.4 is 5.32 Å². The van der Waals surface area contributed by atoms with E-state index >= 15 is 0 Å². The SMILES string of the molecule is O=C(Nc1cccnc1)c1ncn(-c2ccc(Cl)cc2)n1. The second-order valence-electron chi connectivity index (χ2n) is 4.18. The fraction of sp³-hybridized carbons (Fsp3) is 0. The highest BCUT2D eigenvalue weighted by atomic mass is 35.5. The van der Waals surface area contributed by atoms with Gasteiger partial charge in [0.25, 0.3) is 5.91 Å². The molecule has 104 valence electrons. The lowest BCUT2D eigenvalue weighted by Crippen LogP contribution is -2.14. The molecular weight excluding hydrogens is 290 g/mol. The fourth-order valence-corrected chi connectivity index (χ4v) is 1.84. The average Bonchev–Trinajstić information content (AvgIpc) is 2.99. The van der Waals surface area contributed by atoms with Crippen molar-refractivity contribution in [3.63, 3.8) is 0 Å². The van der Waals surface area contributed by atoms with E-state index < -0.39 is 5.91 Å². The van der Waals surface area contributed by atoms with Gasteiger partial charge in [0.2, 0.25) is 5.82 Å². The second-order valence-corrected chi connectivity index (χ2v) is 4.62. The highest BCUT2D eigenvalue weighted by Gasteiger charge is 2.12. The van der Waals surface area contributed by atoms with Crippen molar-refractivity contribution in [2.24, 2.45) is 0 Å². The van der Waals surface area contributed by atoms with Gasteiger partial charge in [-0.25, -0.2) is 9.67 Å². The zero-order valence-electron chi connectivity index (χ0n) is 10.8. The molecule has 0 atom stereocenters. The molecule has 0 spiro atoms. The molecule has 2 heterocycles. The molecule has 0 aliphatic carbocycles. The number of nitrogens with zero attached hydrogens (tertiary/aromatic N) is 4. The minimum absolute atomic E-state index is 0.0776. The Morgan fingerprint density at radius 1 is 1.19 bits per heavy atom. The molecule has 3 rings (SSSR count). The van der Waals surface area contributed by atoms with Crippen molar-refractivity contribution in [1.82, 2.24) is 19.7 Å². The smallest absolute Gasteiger partial charge is 0.295 e. The zero-order chi connectivity index (χ0) is 14.7. The van der Waals surface area contributed by atoms with E-state index in [1.54, 1.807) is 48.8 Å². The van der Waals surface area contributed by atoms with Crippen molar-refractivity contribution in [2.45, 2.75) is 0 Å². The Morgan fingerprint density at radius 3 is 2.71 bits per heavy atom. The predicted octanol–water partition coefficient (Wildman–Crippen LogP) is 2.57. The minimum Gasteiger partial charge on any atom is -0.318 e. The van der Waals surface area contributed by atoms with Gasteiger partial charge in [-0.15, -0.1) is 5.10 Å². The number of benzene rings is 1. The van der Waals surface area contributed by atoms with Crippen LogP contribution in [0.5, 0.6) is 0 Å². The minimum atomic E-state index is -0.393. The van der Waals surface area contributed by atoms with Crippen LogP contribution in [-0.4, -0.2) is 25.7 Å². The summed E-state index contributed by atoms with van der Waals surface area (Å²) in [6.45, 7) is 0. The van der Waals surface area contributed by atoms with Crippen molar-refractivity contribution in [2.75, 3.05) is 5.32 Å². The number of anilines is 1. The van der Waals surface area contributed by atoms with Crippen molar-refractivity contribution in [1.29, 1.82) is 0 Å². The molecule has 1 aromatic carbocycles. The lowest BCUT2D eigenvalue weighted by molar-refractivity contribution is 0.101. The topological polar surface area (TPSA) is 72.7 Å². The van der Waals surface area contributed by atoms with Gasteiger partial charge in [0.15, 0.2) is 0 Å². The number of carbonyl (C=O) groups excluding carboxylic acids is 1. The molecule has 7 heteroatoms. The first-order valence-corrected chi connectivity index (χ1v) is 6.49. The first-order valence-electron chi connectivity index (χ1n) is 6.11. The molecule has 21 heavy (non-hydrogen) atoms. The largest absolute Gasteiger partial charge is 0.318 e. The second kappa shape index (κ2) is 5.72. The quantitative estimate of drug-likeness (QED) is 0.806. The molecule has 0 saturated carbocycles. The number of carbonyl (C=O) groups is 1. The third-order valence-electron chi connectivity index (χ3n) is 2.71. The van der Waals surface area contributed by atoms with Gasteiger partial charge in [0.05, 0.1) is 17.6 Å². The summed E-state index contributed by atoms with van der Waals surface area (Å²) in [6, 6.07) is 10.5. The van der Waals surface area contributed by atoms with Gasteiger partial charge < -0.3 is 5.32 Å². The normalized spacial score (nSPS) is 10.3. The molecule has 0 aliphatic heterocycles. The van der Waals surface area contributed by atoms with E-state index in [4.69, 9.17) is 11.6 Å². The van der Waals surface area contributed by atoms with E-state index in [0.717, 1.165) is 5.69 Å². The summed E-state index contributed by atoms with van der Waals surface area (Å²) in [7, 11) is 0. The molecule has 0 unspecified atom stereocenters.